The van der Waals surface area contributed by atoms with Crippen LogP contribution in [-0.2, 0) is 9.53 Å². The summed E-state index contributed by atoms with van der Waals surface area (Å²) in [5, 5.41) is 18.6. The number of ether oxygens (including phenoxy) is 1. The van der Waals surface area contributed by atoms with Crippen LogP contribution in [-0.4, -0.2) is 35.0 Å². The molecule has 2 fully saturated rings. The Labute approximate surface area is 70.1 Å². The van der Waals surface area contributed by atoms with Crippen molar-refractivity contribution in [3.8, 4) is 0 Å². The van der Waals surface area contributed by atoms with Crippen molar-refractivity contribution in [3.63, 3.8) is 0 Å². The van der Waals surface area contributed by atoms with Gasteiger partial charge in [0.25, 0.3) is 0 Å². The highest BCUT2D eigenvalue weighted by molar-refractivity contribution is 5.72. The Hall–Kier alpha value is -0.610. The van der Waals surface area contributed by atoms with E-state index in [-0.39, 0.29) is 19.1 Å². The van der Waals surface area contributed by atoms with Gasteiger partial charge in [-0.25, -0.2) is 0 Å². The summed E-state index contributed by atoms with van der Waals surface area (Å²) in [6.07, 6.45) is 1.86. The molecule has 0 aromatic carbocycles. The number of rotatable bonds is 3. The Morgan fingerprint density at radius 2 is 2.08 bits per heavy atom. The zero-order valence-corrected chi connectivity index (χ0v) is 6.69. The molecule has 2 rings (SSSR count). The van der Waals surface area contributed by atoms with E-state index in [0.717, 1.165) is 12.8 Å². The Balaban J connectivity index is 2.09. The molecule has 0 aromatic heterocycles. The fourth-order valence-corrected chi connectivity index (χ4v) is 1.79. The van der Waals surface area contributed by atoms with Crippen molar-refractivity contribution >= 4 is 5.97 Å². The Kier molecular flexibility index (Phi) is 1.63. The quantitative estimate of drug-likeness (QED) is 0.621. The first-order chi connectivity index (χ1) is 5.63. The first-order valence-corrected chi connectivity index (χ1v) is 4.16. The van der Waals surface area contributed by atoms with Gasteiger partial charge in [-0.05, 0) is 18.8 Å². The molecular formula is C8H12O4. The average molecular weight is 172 g/mol. The van der Waals surface area contributed by atoms with E-state index in [1.165, 1.54) is 0 Å². The van der Waals surface area contributed by atoms with Crippen LogP contribution in [0.5, 0.6) is 0 Å². The van der Waals surface area contributed by atoms with Gasteiger partial charge in [-0.3, -0.25) is 4.79 Å². The third kappa shape index (κ3) is 1.11. The second-order valence-corrected chi connectivity index (χ2v) is 3.75. The molecule has 0 amide bonds. The fourth-order valence-electron chi connectivity index (χ4n) is 1.79. The van der Waals surface area contributed by atoms with E-state index in [1.807, 2.05) is 0 Å². The smallest absolute Gasteiger partial charge is 0.309 e. The normalized spacial score (nSPS) is 29.1. The summed E-state index contributed by atoms with van der Waals surface area (Å²) in [6, 6.07) is 0. The molecule has 12 heavy (non-hydrogen) atoms. The zero-order chi connectivity index (χ0) is 8.77. The summed E-state index contributed by atoms with van der Waals surface area (Å²) in [7, 11) is 0. The summed E-state index contributed by atoms with van der Waals surface area (Å²) in [6.45, 7) is 0.362. The van der Waals surface area contributed by atoms with Crippen molar-refractivity contribution in [2.75, 3.05) is 13.2 Å². The fraction of sp³-hybridized carbons (Fsp3) is 0.875. The minimum absolute atomic E-state index is 0.177. The third-order valence-electron chi connectivity index (χ3n) is 2.64. The van der Waals surface area contributed by atoms with Gasteiger partial charge >= 0.3 is 5.97 Å². The summed E-state index contributed by atoms with van der Waals surface area (Å²) in [4.78, 5) is 10.8. The van der Waals surface area contributed by atoms with E-state index in [0.29, 0.717) is 0 Å². The van der Waals surface area contributed by atoms with Gasteiger partial charge in [-0.2, -0.15) is 0 Å². The topological polar surface area (TPSA) is 66.8 Å². The molecule has 1 saturated heterocycles. The van der Waals surface area contributed by atoms with Gasteiger partial charge < -0.3 is 14.9 Å². The number of hydrogen-bond donors (Lipinski definition) is 2. The molecule has 0 bridgehead atoms. The molecule has 1 aliphatic heterocycles. The Morgan fingerprint density at radius 1 is 1.50 bits per heavy atom. The van der Waals surface area contributed by atoms with Gasteiger partial charge in [-0.1, -0.05) is 0 Å². The minimum Gasteiger partial charge on any atom is -0.481 e. The van der Waals surface area contributed by atoms with Gasteiger partial charge in [0.15, 0.2) is 0 Å². The lowest BCUT2D eigenvalue weighted by Crippen LogP contribution is -2.58. The van der Waals surface area contributed by atoms with E-state index < -0.39 is 17.5 Å². The highest BCUT2D eigenvalue weighted by atomic mass is 16.5. The van der Waals surface area contributed by atoms with Crippen molar-refractivity contribution < 1.29 is 19.7 Å². The predicted octanol–water partition coefficient (Wildman–Crippen LogP) is -0.141. The van der Waals surface area contributed by atoms with Crippen molar-refractivity contribution in [2.24, 2.45) is 11.8 Å². The lowest BCUT2D eigenvalue weighted by Gasteiger charge is -2.40. The molecule has 68 valence electrons. The van der Waals surface area contributed by atoms with E-state index in [1.54, 1.807) is 0 Å². The zero-order valence-electron chi connectivity index (χ0n) is 6.69. The van der Waals surface area contributed by atoms with Crippen LogP contribution >= 0.6 is 0 Å². The second kappa shape index (κ2) is 2.44. The number of aliphatic hydroxyl groups is 1. The van der Waals surface area contributed by atoms with Crippen molar-refractivity contribution in [3.05, 3.63) is 0 Å². The molecule has 1 atom stereocenters. The maximum absolute atomic E-state index is 10.8. The average Bonchev–Trinajstić information content (AvgIpc) is 2.67. The largest absolute Gasteiger partial charge is 0.481 e. The minimum atomic E-state index is -1.08. The van der Waals surface area contributed by atoms with Crippen LogP contribution < -0.4 is 0 Å². The van der Waals surface area contributed by atoms with Gasteiger partial charge in [0.05, 0.1) is 19.1 Å². The molecule has 1 saturated carbocycles. The Morgan fingerprint density at radius 3 is 2.33 bits per heavy atom. The van der Waals surface area contributed by atoms with Crippen molar-refractivity contribution in [1.29, 1.82) is 0 Å². The van der Waals surface area contributed by atoms with Crippen LogP contribution in [0.2, 0.25) is 0 Å². The lowest BCUT2D eigenvalue weighted by molar-refractivity contribution is -0.217. The number of aliphatic carboxylic acids is 1. The van der Waals surface area contributed by atoms with E-state index >= 15 is 0 Å². The van der Waals surface area contributed by atoms with Gasteiger partial charge in [-0.15, -0.1) is 0 Å². The first-order valence-electron chi connectivity index (χ1n) is 4.16. The molecule has 4 heteroatoms. The highest BCUT2D eigenvalue weighted by Crippen LogP contribution is 2.44. The molecule has 0 aromatic rings. The summed E-state index contributed by atoms with van der Waals surface area (Å²) >= 11 is 0. The van der Waals surface area contributed by atoms with E-state index in [2.05, 4.69) is 0 Å². The molecule has 0 unspecified atom stereocenters. The van der Waals surface area contributed by atoms with Gasteiger partial charge in [0, 0.05) is 0 Å². The van der Waals surface area contributed by atoms with Crippen LogP contribution in [0.4, 0.5) is 0 Å². The van der Waals surface area contributed by atoms with E-state index in [9.17, 15) is 9.90 Å². The number of carboxylic acids is 1. The van der Waals surface area contributed by atoms with Crippen LogP contribution in [0.3, 0.4) is 0 Å². The maximum atomic E-state index is 10.8. The molecule has 2 aliphatic rings. The third-order valence-corrected chi connectivity index (χ3v) is 2.64. The maximum Gasteiger partial charge on any atom is 0.309 e. The molecule has 1 aliphatic carbocycles. The summed E-state index contributed by atoms with van der Waals surface area (Å²) in [5.74, 6) is -1.31. The van der Waals surface area contributed by atoms with Crippen LogP contribution in [0.1, 0.15) is 12.8 Å². The van der Waals surface area contributed by atoms with E-state index in [4.69, 9.17) is 9.84 Å². The number of carbonyl (C=O) groups is 1. The Bertz CT molecular complexity index is 205. The van der Waals surface area contributed by atoms with Gasteiger partial charge in [0.2, 0.25) is 0 Å². The monoisotopic (exact) mass is 172 g/mol. The van der Waals surface area contributed by atoms with Crippen LogP contribution in [0.25, 0.3) is 0 Å². The highest BCUT2D eigenvalue weighted by Gasteiger charge is 2.54. The second-order valence-electron chi connectivity index (χ2n) is 3.75. The molecule has 0 radical (unpaired) electrons. The SMILES string of the molecule is O=C(O)[C@H](C1CC1)C1(O)COC1. The number of hydrogen-bond acceptors (Lipinski definition) is 3. The molecule has 2 N–H and O–H groups in total. The standard InChI is InChI=1S/C8H12O4/c9-7(10)6(5-1-2-5)8(11)3-12-4-8/h5-6,11H,1-4H2,(H,9,10)/t6-/m0/s1. The van der Waals surface area contributed by atoms with Crippen LogP contribution in [0.15, 0.2) is 0 Å². The first kappa shape index (κ1) is 8.01. The summed E-state index contributed by atoms with van der Waals surface area (Å²) < 4.78 is 4.83. The predicted molar refractivity (Wildman–Crippen MR) is 39.6 cm³/mol. The summed E-state index contributed by atoms with van der Waals surface area (Å²) in [5.41, 5.74) is -1.08. The van der Waals surface area contributed by atoms with Crippen molar-refractivity contribution in [1.82, 2.24) is 0 Å². The molecular weight excluding hydrogens is 160 g/mol. The molecule has 0 spiro atoms. The number of carboxylic acid groups (broad SMARTS) is 1. The lowest BCUT2D eigenvalue weighted by atomic mass is 9.82. The van der Waals surface area contributed by atoms with Gasteiger partial charge in [0.1, 0.15) is 5.60 Å². The molecule has 4 nitrogen and oxygen atoms in total. The molecule has 1 heterocycles. The van der Waals surface area contributed by atoms with Crippen LogP contribution in [0, 0.1) is 11.8 Å². The van der Waals surface area contributed by atoms with Crippen molar-refractivity contribution in [2.45, 2.75) is 18.4 Å².